The summed E-state index contributed by atoms with van der Waals surface area (Å²) in [6, 6.07) is 4.36. The number of aryl methyl sites for hydroxylation is 1. The lowest BCUT2D eigenvalue weighted by Crippen LogP contribution is -2.35. The maximum absolute atomic E-state index is 5.78. The largest absolute Gasteiger partial charge is 0.418 e. The molecule has 0 aromatic carbocycles. The molecule has 0 radical (unpaired) electrons. The predicted molar refractivity (Wildman–Crippen MR) is 90.3 cm³/mol. The van der Waals surface area contributed by atoms with Crippen LogP contribution in [0.5, 0.6) is 0 Å². The number of thiophene rings is 1. The molecule has 23 heavy (non-hydrogen) atoms. The van der Waals surface area contributed by atoms with Crippen LogP contribution in [0.2, 0.25) is 0 Å². The highest BCUT2D eigenvalue weighted by molar-refractivity contribution is 7.13. The van der Waals surface area contributed by atoms with E-state index < -0.39 is 0 Å². The zero-order chi connectivity index (χ0) is 16.4. The average molecular weight is 331 g/mol. The van der Waals surface area contributed by atoms with Crippen molar-refractivity contribution in [1.29, 1.82) is 0 Å². The molecule has 3 heterocycles. The zero-order valence-electron chi connectivity index (χ0n) is 13.7. The standard InChI is InChI=1S/C16H21N5OS/c1-10-8-17-21(9-10)13(4)11(2)18-12(3)15-19-20-16(22-15)14-6-5-7-23-14/h5-9,11-13,18H,1-4H3/t11-,12-,13+/m0/s1. The lowest BCUT2D eigenvalue weighted by Gasteiger charge is -2.24. The number of aromatic nitrogens is 4. The van der Waals surface area contributed by atoms with Gasteiger partial charge < -0.3 is 9.73 Å². The molecule has 6 nitrogen and oxygen atoms in total. The quantitative estimate of drug-likeness (QED) is 0.747. The number of rotatable bonds is 6. The Hall–Kier alpha value is -1.99. The summed E-state index contributed by atoms with van der Waals surface area (Å²) in [7, 11) is 0. The highest BCUT2D eigenvalue weighted by Gasteiger charge is 2.21. The zero-order valence-corrected chi connectivity index (χ0v) is 14.5. The Labute approximate surface area is 139 Å². The number of hydrogen-bond acceptors (Lipinski definition) is 6. The van der Waals surface area contributed by atoms with Crippen LogP contribution in [0.3, 0.4) is 0 Å². The van der Waals surface area contributed by atoms with Crippen molar-refractivity contribution in [1.82, 2.24) is 25.3 Å². The first kappa shape index (κ1) is 15.9. The minimum Gasteiger partial charge on any atom is -0.418 e. The molecule has 0 bridgehead atoms. The maximum Gasteiger partial charge on any atom is 0.257 e. The van der Waals surface area contributed by atoms with Crippen LogP contribution in [-0.2, 0) is 0 Å². The Morgan fingerprint density at radius 2 is 2.09 bits per heavy atom. The second-order valence-electron chi connectivity index (χ2n) is 5.84. The van der Waals surface area contributed by atoms with Gasteiger partial charge in [-0.1, -0.05) is 6.07 Å². The molecule has 1 N–H and O–H groups in total. The van der Waals surface area contributed by atoms with Crippen LogP contribution in [0, 0.1) is 6.92 Å². The molecule has 3 aromatic heterocycles. The Bertz CT molecular complexity index is 748. The summed E-state index contributed by atoms with van der Waals surface area (Å²) in [4.78, 5) is 0.990. The molecule has 3 aromatic rings. The Morgan fingerprint density at radius 1 is 1.26 bits per heavy atom. The average Bonchev–Trinajstić information content (AvgIpc) is 3.26. The number of hydrogen-bond donors (Lipinski definition) is 1. The van der Waals surface area contributed by atoms with Crippen molar-refractivity contribution in [3.8, 4) is 10.8 Å². The van der Waals surface area contributed by atoms with Crippen molar-refractivity contribution in [3.05, 3.63) is 41.4 Å². The summed E-state index contributed by atoms with van der Waals surface area (Å²) >= 11 is 1.59. The second kappa shape index (κ2) is 6.64. The fourth-order valence-electron chi connectivity index (χ4n) is 2.40. The topological polar surface area (TPSA) is 68.8 Å². The van der Waals surface area contributed by atoms with Crippen molar-refractivity contribution < 1.29 is 4.42 Å². The summed E-state index contributed by atoms with van der Waals surface area (Å²) in [5.41, 5.74) is 1.16. The molecule has 0 fully saturated rings. The van der Waals surface area contributed by atoms with Crippen LogP contribution in [0.1, 0.15) is 44.3 Å². The minimum absolute atomic E-state index is 0.0229. The minimum atomic E-state index is -0.0229. The third-order valence-electron chi connectivity index (χ3n) is 3.93. The van der Waals surface area contributed by atoms with Crippen LogP contribution in [0.25, 0.3) is 10.8 Å². The van der Waals surface area contributed by atoms with Gasteiger partial charge in [-0.15, -0.1) is 21.5 Å². The summed E-state index contributed by atoms with van der Waals surface area (Å²) in [5, 5.41) is 18.2. The van der Waals surface area contributed by atoms with Gasteiger partial charge in [-0.05, 0) is 44.7 Å². The molecule has 0 spiro atoms. The molecule has 3 atom stereocenters. The van der Waals surface area contributed by atoms with Crippen molar-refractivity contribution in [2.24, 2.45) is 0 Å². The molecular weight excluding hydrogens is 310 g/mol. The SMILES string of the molecule is Cc1cnn([C@H](C)[C@H](C)N[C@@H](C)c2nnc(-c3cccs3)o2)c1. The molecule has 0 aliphatic carbocycles. The molecule has 0 aliphatic rings. The third kappa shape index (κ3) is 3.51. The summed E-state index contributed by atoms with van der Waals surface area (Å²) < 4.78 is 7.76. The maximum atomic E-state index is 5.78. The van der Waals surface area contributed by atoms with E-state index in [2.05, 4.69) is 40.7 Å². The van der Waals surface area contributed by atoms with E-state index in [1.165, 1.54) is 0 Å². The van der Waals surface area contributed by atoms with Crippen LogP contribution < -0.4 is 5.32 Å². The highest BCUT2D eigenvalue weighted by Crippen LogP contribution is 2.25. The molecule has 122 valence electrons. The number of nitrogens with zero attached hydrogens (tertiary/aromatic N) is 4. The fraction of sp³-hybridized carbons (Fsp3) is 0.438. The van der Waals surface area contributed by atoms with E-state index in [0.717, 1.165) is 10.4 Å². The van der Waals surface area contributed by atoms with E-state index in [1.54, 1.807) is 11.3 Å². The van der Waals surface area contributed by atoms with Gasteiger partial charge in [0.05, 0.1) is 23.2 Å². The molecule has 3 rings (SSSR count). The van der Waals surface area contributed by atoms with Gasteiger partial charge >= 0.3 is 0 Å². The van der Waals surface area contributed by atoms with Gasteiger partial charge in [0.2, 0.25) is 5.89 Å². The van der Waals surface area contributed by atoms with E-state index in [0.29, 0.717) is 11.8 Å². The van der Waals surface area contributed by atoms with E-state index in [1.807, 2.05) is 42.2 Å². The van der Waals surface area contributed by atoms with E-state index in [-0.39, 0.29) is 18.1 Å². The van der Waals surface area contributed by atoms with E-state index in [9.17, 15) is 0 Å². The number of nitrogens with one attached hydrogen (secondary N) is 1. The Morgan fingerprint density at radius 3 is 2.74 bits per heavy atom. The van der Waals surface area contributed by atoms with Gasteiger partial charge in [0.25, 0.3) is 5.89 Å². The normalized spacial score (nSPS) is 15.5. The van der Waals surface area contributed by atoms with E-state index in [4.69, 9.17) is 4.42 Å². The van der Waals surface area contributed by atoms with Gasteiger partial charge in [0.15, 0.2) is 0 Å². The van der Waals surface area contributed by atoms with Crippen LogP contribution >= 0.6 is 11.3 Å². The van der Waals surface area contributed by atoms with E-state index >= 15 is 0 Å². The smallest absolute Gasteiger partial charge is 0.257 e. The van der Waals surface area contributed by atoms with Crippen LogP contribution in [0.15, 0.2) is 34.3 Å². The van der Waals surface area contributed by atoms with Gasteiger partial charge in [-0.3, -0.25) is 4.68 Å². The Kier molecular flexibility index (Phi) is 4.58. The van der Waals surface area contributed by atoms with Crippen LogP contribution in [0.4, 0.5) is 0 Å². The summed E-state index contributed by atoms with van der Waals surface area (Å²) in [6.45, 7) is 8.35. The first-order chi connectivity index (χ1) is 11.0. The van der Waals surface area contributed by atoms with Gasteiger partial charge in [-0.2, -0.15) is 5.10 Å². The second-order valence-corrected chi connectivity index (χ2v) is 6.79. The molecule has 7 heteroatoms. The monoisotopic (exact) mass is 331 g/mol. The van der Waals surface area contributed by atoms with Gasteiger partial charge in [-0.25, -0.2) is 0 Å². The Balaban J connectivity index is 1.65. The first-order valence-electron chi connectivity index (χ1n) is 7.68. The fourth-order valence-corrected chi connectivity index (χ4v) is 3.04. The van der Waals surface area contributed by atoms with Crippen molar-refractivity contribution in [3.63, 3.8) is 0 Å². The lowest BCUT2D eigenvalue weighted by atomic mass is 10.1. The molecule has 0 aliphatic heterocycles. The third-order valence-corrected chi connectivity index (χ3v) is 4.79. The molecule has 0 unspecified atom stereocenters. The predicted octanol–water partition coefficient (Wildman–Crippen LogP) is 3.60. The van der Waals surface area contributed by atoms with Crippen molar-refractivity contribution in [2.75, 3.05) is 0 Å². The first-order valence-corrected chi connectivity index (χ1v) is 8.56. The molecule has 0 saturated carbocycles. The van der Waals surface area contributed by atoms with Gasteiger partial charge in [0.1, 0.15) is 0 Å². The van der Waals surface area contributed by atoms with Gasteiger partial charge in [0, 0.05) is 12.2 Å². The molecule has 0 amide bonds. The molecular formula is C16H21N5OS. The van der Waals surface area contributed by atoms with Crippen molar-refractivity contribution >= 4 is 11.3 Å². The lowest BCUT2D eigenvalue weighted by molar-refractivity contribution is 0.317. The molecule has 0 saturated heterocycles. The van der Waals surface area contributed by atoms with Crippen molar-refractivity contribution in [2.45, 2.75) is 45.8 Å². The summed E-state index contributed by atoms with van der Waals surface area (Å²) in [5.74, 6) is 1.18. The summed E-state index contributed by atoms with van der Waals surface area (Å²) in [6.07, 6.45) is 3.92. The van der Waals surface area contributed by atoms with Crippen LogP contribution in [-0.4, -0.2) is 26.0 Å². The highest BCUT2D eigenvalue weighted by atomic mass is 32.1.